The molecule has 174 valence electrons. The fourth-order valence-electron chi connectivity index (χ4n) is 3.37. The summed E-state index contributed by atoms with van der Waals surface area (Å²) in [7, 11) is -3.44. The summed E-state index contributed by atoms with van der Waals surface area (Å²) in [6.07, 6.45) is 1.58. The van der Waals surface area contributed by atoms with Crippen molar-refractivity contribution in [3.63, 3.8) is 0 Å². The molecule has 2 aliphatic heterocycles. The Balaban J connectivity index is 2.03. The first-order valence-electron chi connectivity index (χ1n) is 9.68. The number of nitrogens with zero attached hydrogens (tertiary/aromatic N) is 2. The minimum Gasteiger partial charge on any atom is -0.381 e. The van der Waals surface area contributed by atoms with E-state index in [1.54, 1.807) is 0 Å². The number of nitrogens with one attached hydrogen (secondary N) is 3. The Morgan fingerprint density at radius 2 is 1.83 bits per heavy atom. The highest BCUT2D eigenvalue weighted by atomic mass is 32.2. The van der Waals surface area contributed by atoms with Crippen LogP contribution < -0.4 is 15.4 Å². The Kier molecular flexibility index (Phi) is 8.21. The number of sulfonamides is 1. The highest BCUT2D eigenvalue weighted by molar-refractivity contribution is 7.90. The van der Waals surface area contributed by atoms with Gasteiger partial charge in [-0.15, -0.1) is 0 Å². The zero-order valence-corrected chi connectivity index (χ0v) is 19.1. The number of ether oxygens (including phenoxy) is 1. The van der Waals surface area contributed by atoms with Crippen LogP contribution in [0.25, 0.3) is 0 Å². The van der Waals surface area contributed by atoms with Gasteiger partial charge in [-0.2, -0.15) is 17.0 Å². The summed E-state index contributed by atoms with van der Waals surface area (Å²) >= 11 is 0. The largest absolute Gasteiger partial charge is 0.381 e. The molecule has 1 atom stereocenters. The van der Waals surface area contributed by atoms with Gasteiger partial charge in [-0.3, -0.25) is 9.59 Å². The van der Waals surface area contributed by atoms with Crippen LogP contribution in [0.2, 0.25) is 0 Å². The standard InChI is InChI=1S/C16H31N5O7S2/c1-20(2)30(26,27)21(3)11-14(22)17-12-16(6-9-28-10-7-16)19-15(23)13-5-4-8-18-29(13,24)25/h13,18H,4-12H2,1-3H3,(H,17,22)(H,19,23). The van der Waals surface area contributed by atoms with Crippen LogP contribution >= 0.6 is 0 Å². The van der Waals surface area contributed by atoms with Gasteiger partial charge in [0.2, 0.25) is 21.8 Å². The molecule has 3 N–H and O–H groups in total. The van der Waals surface area contributed by atoms with E-state index >= 15 is 0 Å². The van der Waals surface area contributed by atoms with Crippen LogP contribution in [0.1, 0.15) is 25.7 Å². The van der Waals surface area contributed by atoms with E-state index in [2.05, 4.69) is 15.4 Å². The molecule has 0 aliphatic carbocycles. The van der Waals surface area contributed by atoms with Crippen LogP contribution in [0.5, 0.6) is 0 Å². The van der Waals surface area contributed by atoms with Gasteiger partial charge < -0.3 is 15.4 Å². The monoisotopic (exact) mass is 469 g/mol. The maximum Gasteiger partial charge on any atom is 0.281 e. The molecule has 2 amide bonds. The van der Waals surface area contributed by atoms with E-state index in [4.69, 9.17) is 4.74 Å². The van der Waals surface area contributed by atoms with Gasteiger partial charge in [-0.25, -0.2) is 13.1 Å². The molecule has 2 aliphatic rings. The molecular formula is C16H31N5O7S2. The Bertz CT molecular complexity index is 838. The van der Waals surface area contributed by atoms with E-state index in [-0.39, 0.29) is 19.5 Å². The predicted octanol–water partition coefficient (Wildman–Crippen LogP) is -2.41. The van der Waals surface area contributed by atoms with Crippen LogP contribution in [0.4, 0.5) is 0 Å². The van der Waals surface area contributed by atoms with Crippen molar-refractivity contribution in [1.29, 1.82) is 0 Å². The normalized spacial score (nSPS) is 23.8. The molecule has 30 heavy (non-hydrogen) atoms. The van der Waals surface area contributed by atoms with Crippen molar-refractivity contribution in [3.05, 3.63) is 0 Å². The first kappa shape index (κ1) is 24.9. The average Bonchev–Trinajstić information content (AvgIpc) is 2.66. The van der Waals surface area contributed by atoms with Gasteiger partial charge in [0.1, 0.15) is 0 Å². The van der Waals surface area contributed by atoms with Crippen LogP contribution in [0.3, 0.4) is 0 Å². The number of rotatable bonds is 8. The van der Waals surface area contributed by atoms with Crippen molar-refractivity contribution in [2.24, 2.45) is 0 Å². The van der Waals surface area contributed by atoms with Crippen molar-refractivity contribution >= 4 is 32.0 Å². The lowest BCUT2D eigenvalue weighted by Gasteiger charge is -2.39. The summed E-state index contributed by atoms with van der Waals surface area (Å²) in [6.45, 7) is 0.658. The lowest BCUT2D eigenvalue weighted by Crippen LogP contribution is -2.62. The predicted molar refractivity (Wildman–Crippen MR) is 109 cm³/mol. The smallest absolute Gasteiger partial charge is 0.281 e. The van der Waals surface area contributed by atoms with Gasteiger partial charge in [-0.1, -0.05) is 0 Å². The number of hydrogen-bond donors (Lipinski definition) is 3. The summed E-state index contributed by atoms with van der Waals surface area (Å²) in [4.78, 5) is 25.1. The zero-order valence-electron chi connectivity index (χ0n) is 17.5. The zero-order chi connectivity index (χ0) is 22.6. The van der Waals surface area contributed by atoms with Crippen LogP contribution in [0.15, 0.2) is 0 Å². The van der Waals surface area contributed by atoms with Crippen LogP contribution in [-0.2, 0) is 34.6 Å². The minimum absolute atomic E-state index is 0.0387. The molecule has 0 saturated carbocycles. The SMILES string of the molecule is CN(C)S(=O)(=O)N(C)CC(=O)NCC1(NC(=O)C2CCCNS2(=O)=O)CCOCC1. The van der Waals surface area contributed by atoms with E-state index in [0.717, 1.165) is 8.61 Å². The molecule has 2 saturated heterocycles. The lowest BCUT2D eigenvalue weighted by atomic mass is 9.89. The molecule has 2 heterocycles. The fraction of sp³-hybridized carbons (Fsp3) is 0.875. The Morgan fingerprint density at radius 1 is 1.20 bits per heavy atom. The molecular weight excluding hydrogens is 438 g/mol. The van der Waals surface area contributed by atoms with Gasteiger partial charge in [-0.05, 0) is 25.7 Å². The first-order valence-corrected chi connectivity index (χ1v) is 12.6. The number of hydrogen-bond acceptors (Lipinski definition) is 7. The fourth-order valence-corrected chi connectivity index (χ4v) is 5.65. The van der Waals surface area contributed by atoms with Gasteiger partial charge in [0.05, 0.1) is 12.1 Å². The highest BCUT2D eigenvalue weighted by Crippen LogP contribution is 2.22. The van der Waals surface area contributed by atoms with Crippen molar-refractivity contribution in [1.82, 2.24) is 24.0 Å². The van der Waals surface area contributed by atoms with Crippen LogP contribution in [-0.4, -0.2) is 102 Å². The summed E-state index contributed by atoms with van der Waals surface area (Å²) < 4.78 is 58.1. The van der Waals surface area contributed by atoms with E-state index in [9.17, 15) is 26.4 Å². The molecule has 0 aromatic heterocycles. The Hall–Kier alpha value is -1.32. The first-order chi connectivity index (χ1) is 13.9. The van der Waals surface area contributed by atoms with Gasteiger partial charge in [0.25, 0.3) is 10.2 Å². The highest BCUT2D eigenvalue weighted by Gasteiger charge is 2.41. The Labute approximate surface area is 177 Å². The molecule has 12 nitrogen and oxygen atoms in total. The quantitative estimate of drug-likeness (QED) is 0.358. The van der Waals surface area contributed by atoms with Crippen LogP contribution in [0, 0.1) is 0 Å². The number of carbonyl (C=O) groups excluding carboxylic acids is 2. The van der Waals surface area contributed by atoms with Crippen molar-refractivity contribution in [2.45, 2.75) is 36.5 Å². The third-order valence-electron chi connectivity index (χ3n) is 5.30. The Morgan fingerprint density at radius 3 is 2.40 bits per heavy atom. The minimum atomic E-state index is -3.73. The molecule has 0 aromatic rings. The third kappa shape index (κ3) is 6.11. The van der Waals surface area contributed by atoms with E-state index in [1.807, 2.05) is 0 Å². The van der Waals surface area contributed by atoms with Gasteiger partial charge >= 0.3 is 0 Å². The summed E-state index contributed by atoms with van der Waals surface area (Å²) in [6, 6.07) is 0. The van der Waals surface area contributed by atoms with E-state index < -0.39 is 42.8 Å². The van der Waals surface area contributed by atoms with Gasteiger partial charge in [0, 0.05) is 47.4 Å². The molecule has 2 fully saturated rings. The second-order valence-corrected chi connectivity index (χ2v) is 12.0. The number of amides is 2. The number of likely N-dealkylation sites (N-methyl/N-ethyl adjacent to an activating group) is 1. The third-order valence-corrected chi connectivity index (χ3v) is 8.94. The summed E-state index contributed by atoms with van der Waals surface area (Å²) in [5.74, 6) is -1.14. The summed E-state index contributed by atoms with van der Waals surface area (Å²) in [5.41, 5.74) is -0.864. The molecule has 0 bridgehead atoms. The van der Waals surface area contributed by atoms with E-state index in [0.29, 0.717) is 39.0 Å². The molecule has 1 unspecified atom stereocenters. The molecule has 14 heteroatoms. The summed E-state index contributed by atoms with van der Waals surface area (Å²) in [5, 5.41) is 4.30. The topological polar surface area (TPSA) is 154 Å². The second kappa shape index (κ2) is 9.87. The maximum absolute atomic E-state index is 12.7. The van der Waals surface area contributed by atoms with Gasteiger partial charge in [0.15, 0.2) is 5.25 Å². The van der Waals surface area contributed by atoms with Crippen molar-refractivity contribution in [3.8, 4) is 0 Å². The average molecular weight is 470 g/mol. The van der Waals surface area contributed by atoms with Crippen molar-refractivity contribution in [2.75, 3.05) is 54.0 Å². The lowest BCUT2D eigenvalue weighted by molar-refractivity contribution is -0.126. The molecule has 0 aromatic carbocycles. The second-order valence-electron chi connectivity index (χ2n) is 7.78. The molecule has 0 radical (unpaired) electrons. The van der Waals surface area contributed by atoms with Crippen molar-refractivity contribution < 1.29 is 31.2 Å². The maximum atomic E-state index is 12.7. The molecule has 2 rings (SSSR count). The number of carbonyl (C=O) groups is 2. The molecule has 0 spiro atoms. The van der Waals surface area contributed by atoms with E-state index in [1.165, 1.54) is 21.1 Å².